The molecule has 106 valence electrons. The Morgan fingerprint density at radius 1 is 1.45 bits per heavy atom. The van der Waals surface area contributed by atoms with Crippen molar-refractivity contribution in [2.45, 2.75) is 18.4 Å². The van der Waals surface area contributed by atoms with Crippen molar-refractivity contribution in [3.63, 3.8) is 0 Å². The maximum Gasteiger partial charge on any atom is 0.341 e. The Morgan fingerprint density at radius 2 is 2.20 bits per heavy atom. The molecular formula is C14H16N2O3S. The number of rotatable bonds is 5. The maximum atomic E-state index is 12.1. The molecule has 1 aromatic carbocycles. The van der Waals surface area contributed by atoms with Crippen molar-refractivity contribution < 1.29 is 9.90 Å². The second-order valence-corrected chi connectivity index (χ2v) is 5.45. The molecule has 0 saturated heterocycles. The predicted molar refractivity (Wildman–Crippen MR) is 80.6 cm³/mol. The fourth-order valence-corrected chi connectivity index (χ4v) is 2.76. The summed E-state index contributed by atoms with van der Waals surface area (Å²) in [5.74, 6) is -0.393. The van der Waals surface area contributed by atoms with Crippen molar-refractivity contribution >= 4 is 28.6 Å². The normalized spacial score (nSPS) is 10.9. The molecule has 0 saturated carbocycles. The highest BCUT2D eigenvalue weighted by molar-refractivity contribution is 7.99. The van der Waals surface area contributed by atoms with Crippen LogP contribution in [0.15, 0.2) is 34.1 Å². The summed E-state index contributed by atoms with van der Waals surface area (Å²) < 4.78 is 1.78. The SMILES string of the molecule is CCn1cc(C(=O)O)c(=O)c2ccc(SCCN)cc21. The van der Waals surface area contributed by atoms with Gasteiger partial charge in [-0.1, -0.05) is 0 Å². The fourth-order valence-electron chi connectivity index (χ4n) is 2.05. The number of aromatic nitrogens is 1. The number of benzene rings is 1. The van der Waals surface area contributed by atoms with E-state index in [9.17, 15) is 9.59 Å². The summed E-state index contributed by atoms with van der Waals surface area (Å²) in [6, 6.07) is 5.43. The molecule has 20 heavy (non-hydrogen) atoms. The van der Waals surface area contributed by atoms with Crippen molar-refractivity contribution in [2.24, 2.45) is 5.73 Å². The van der Waals surface area contributed by atoms with E-state index in [0.29, 0.717) is 18.5 Å². The molecule has 0 unspecified atom stereocenters. The molecule has 1 aromatic heterocycles. The lowest BCUT2D eigenvalue weighted by molar-refractivity contribution is 0.0695. The van der Waals surface area contributed by atoms with Crippen LogP contribution in [-0.2, 0) is 6.54 Å². The fraction of sp³-hybridized carbons (Fsp3) is 0.286. The van der Waals surface area contributed by atoms with Gasteiger partial charge in [-0.2, -0.15) is 0 Å². The first-order valence-electron chi connectivity index (χ1n) is 6.31. The van der Waals surface area contributed by atoms with Crippen LogP contribution in [0.1, 0.15) is 17.3 Å². The van der Waals surface area contributed by atoms with E-state index in [1.807, 2.05) is 19.1 Å². The van der Waals surface area contributed by atoms with Crippen molar-refractivity contribution in [2.75, 3.05) is 12.3 Å². The van der Waals surface area contributed by atoms with Gasteiger partial charge in [0.25, 0.3) is 0 Å². The largest absolute Gasteiger partial charge is 0.477 e. The molecule has 2 rings (SSSR count). The number of aromatic carboxylic acids is 1. The Balaban J connectivity index is 2.66. The molecule has 0 aliphatic rings. The number of thioether (sulfide) groups is 1. The molecule has 0 aliphatic heterocycles. The van der Waals surface area contributed by atoms with Gasteiger partial charge < -0.3 is 15.4 Å². The Hall–Kier alpha value is -1.79. The Labute approximate surface area is 120 Å². The lowest BCUT2D eigenvalue weighted by Gasteiger charge is -2.11. The lowest BCUT2D eigenvalue weighted by atomic mass is 10.1. The number of fused-ring (bicyclic) bond motifs is 1. The van der Waals surface area contributed by atoms with Crippen LogP contribution >= 0.6 is 11.8 Å². The van der Waals surface area contributed by atoms with E-state index < -0.39 is 11.4 Å². The average Bonchev–Trinajstić information content (AvgIpc) is 2.45. The van der Waals surface area contributed by atoms with Crippen LogP contribution in [0.3, 0.4) is 0 Å². The number of nitrogens with zero attached hydrogens (tertiary/aromatic N) is 1. The highest BCUT2D eigenvalue weighted by Gasteiger charge is 2.14. The topological polar surface area (TPSA) is 85.3 Å². The van der Waals surface area contributed by atoms with Gasteiger partial charge in [-0.05, 0) is 25.1 Å². The first kappa shape index (κ1) is 14.6. The molecule has 0 spiro atoms. The summed E-state index contributed by atoms with van der Waals surface area (Å²) in [4.78, 5) is 24.3. The molecule has 2 aromatic rings. The monoisotopic (exact) mass is 292 g/mol. The molecule has 3 N–H and O–H groups in total. The quantitative estimate of drug-likeness (QED) is 0.820. The molecule has 5 nitrogen and oxygen atoms in total. The summed E-state index contributed by atoms with van der Waals surface area (Å²) >= 11 is 1.61. The third kappa shape index (κ3) is 2.71. The zero-order chi connectivity index (χ0) is 14.7. The van der Waals surface area contributed by atoms with Crippen molar-refractivity contribution in [1.82, 2.24) is 4.57 Å². The number of hydrogen-bond acceptors (Lipinski definition) is 4. The summed E-state index contributed by atoms with van der Waals surface area (Å²) in [6.07, 6.45) is 1.41. The minimum atomic E-state index is -1.19. The maximum absolute atomic E-state index is 12.1. The number of hydrogen-bond donors (Lipinski definition) is 2. The van der Waals surface area contributed by atoms with Crippen molar-refractivity contribution in [3.8, 4) is 0 Å². The van der Waals surface area contributed by atoms with E-state index in [4.69, 9.17) is 10.8 Å². The minimum absolute atomic E-state index is 0.193. The summed E-state index contributed by atoms with van der Waals surface area (Å²) in [7, 11) is 0. The lowest BCUT2D eigenvalue weighted by Crippen LogP contribution is -2.18. The van der Waals surface area contributed by atoms with E-state index in [1.165, 1.54) is 6.20 Å². The Morgan fingerprint density at radius 3 is 2.80 bits per heavy atom. The van der Waals surface area contributed by atoms with Crippen LogP contribution in [0.2, 0.25) is 0 Å². The van der Waals surface area contributed by atoms with E-state index in [-0.39, 0.29) is 5.56 Å². The summed E-state index contributed by atoms with van der Waals surface area (Å²) in [5, 5.41) is 9.52. The highest BCUT2D eigenvalue weighted by atomic mass is 32.2. The van der Waals surface area contributed by atoms with Gasteiger partial charge in [0.2, 0.25) is 5.43 Å². The van der Waals surface area contributed by atoms with Gasteiger partial charge in [-0.15, -0.1) is 11.8 Å². The predicted octanol–water partition coefficient (Wildman–Crippen LogP) is 1.77. The Bertz CT molecular complexity index is 709. The van der Waals surface area contributed by atoms with Crippen molar-refractivity contribution in [3.05, 3.63) is 40.2 Å². The molecule has 0 bridgehead atoms. The van der Waals surface area contributed by atoms with E-state index in [0.717, 1.165) is 16.2 Å². The molecule has 0 amide bonds. The zero-order valence-electron chi connectivity index (χ0n) is 11.1. The standard InChI is InChI=1S/C14H16N2O3S/c1-2-16-8-11(14(18)19)13(17)10-4-3-9(7-12(10)16)20-6-5-15/h3-4,7-8H,2,5-6,15H2,1H3,(H,18,19). The van der Waals surface area contributed by atoms with Gasteiger partial charge in [0.15, 0.2) is 0 Å². The van der Waals surface area contributed by atoms with E-state index in [2.05, 4.69) is 0 Å². The van der Waals surface area contributed by atoms with Gasteiger partial charge in [0, 0.05) is 35.3 Å². The second-order valence-electron chi connectivity index (χ2n) is 4.28. The van der Waals surface area contributed by atoms with E-state index >= 15 is 0 Å². The molecule has 0 atom stereocenters. The smallest absolute Gasteiger partial charge is 0.341 e. The number of aryl methyl sites for hydroxylation is 1. The van der Waals surface area contributed by atoms with Gasteiger partial charge in [-0.25, -0.2) is 4.79 Å². The highest BCUT2D eigenvalue weighted by Crippen LogP contribution is 2.22. The van der Waals surface area contributed by atoms with Gasteiger partial charge >= 0.3 is 5.97 Å². The number of carboxylic acids is 1. The summed E-state index contributed by atoms with van der Waals surface area (Å²) in [5.41, 5.74) is 5.60. The summed E-state index contributed by atoms with van der Waals surface area (Å²) in [6.45, 7) is 3.10. The van der Waals surface area contributed by atoms with Gasteiger partial charge in [0.05, 0.1) is 5.52 Å². The zero-order valence-corrected chi connectivity index (χ0v) is 11.9. The van der Waals surface area contributed by atoms with Crippen LogP contribution in [0.5, 0.6) is 0 Å². The van der Waals surface area contributed by atoms with Crippen LogP contribution in [0.25, 0.3) is 10.9 Å². The third-order valence-electron chi connectivity index (χ3n) is 3.01. The number of carboxylic acid groups (broad SMARTS) is 1. The first-order chi connectivity index (χ1) is 9.58. The molecule has 1 heterocycles. The van der Waals surface area contributed by atoms with Gasteiger partial charge in [-0.3, -0.25) is 4.79 Å². The van der Waals surface area contributed by atoms with Crippen LogP contribution in [0, 0.1) is 0 Å². The molecule has 0 fully saturated rings. The molecule has 0 aliphatic carbocycles. The van der Waals surface area contributed by atoms with Crippen molar-refractivity contribution in [1.29, 1.82) is 0 Å². The van der Waals surface area contributed by atoms with Crippen LogP contribution in [0.4, 0.5) is 0 Å². The van der Waals surface area contributed by atoms with Crippen LogP contribution < -0.4 is 11.2 Å². The number of carbonyl (C=O) groups is 1. The molecule has 0 radical (unpaired) electrons. The third-order valence-corrected chi connectivity index (χ3v) is 4.04. The number of nitrogens with two attached hydrogens (primary N) is 1. The Kier molecular flexibility index (Phi) is 4.46. The first-order valence-corrected chi connectivity index (χ1v) is 7.30. The molecular weight excluding hydrogens is 276 g/mol. The average molecular weight is 292 g/mol. The van der Waals surface area contributed by atoms with Crippen LogP contribution in [-0.4, -0.2) is 27.9 Å². The number of pyridine rings is 1. The molecule has 6 heteroatoms. The second kappa shape index (κ2) is 6.11. The van der Waals surface area contributed by atoms with Gasteiger partial charge in [0.1, 0.15) is 5.56 Å². The van der Waals surface area contributed by atoms with E-state index in [1.54, 1.807) is 22.4 Å². The minimum Gasteiger partial charge on any atom is -0.477 e.